The number of rotatable bonds is 8. The lowest BCUT2D eigenvalue weighted by atomic mass is 9.94. The van der Waals surface area contributed by atoms with Crippen molar-refractivity contribution in [2.75, 3.05) is 33.2 Å². The van der Waals surface area contributed by atoms with Crippen LogP contribution in [0, 0.1) is 5.92 Å². The lowest BCUT2D eigenvalue weighted by Gasteiger charge is -2.24. The highest BCUT2D eigenvalue weighted by Crippen LogP contribution is 2.15. The minimum atomic E-state index is 0.211. The van der Waals surface area contributed by atoms with Gasteiger partial charge in [0.1, 0.15) is 0 Å². The van der Waals surface area contributed by atoms with E-state index >= 15 is 0 Å². The number of hydrogen-bond acceptors (Lipinski definition) is 3. The van der Waals surface area contributed by atoms with Gasteiger partial charge in [0.2, 0.25) is 5.91 Å². The van der Waals surface area contributed by atoms with Crippen molar-refractivity contribution in [2.24, 2.45) is 5.92 Å². The molecule has 0 spiro atoms. The smallest absolute Gasteiger partial charge is 0.220 e. The Labute approximate surface area is 118 Å². The Morgan fingerprint density at radius 2 is 2.32 bits per heavy atom. The highest BCUT2D eigenvalue weighted by atomic mass is 16.1. The van der Waals surface area contributed by atoms with Gasteiger partial charge in [0, 0.05) is 25.6 Å². The Morgan fingerprint density at radius 3 is 2.95 bits per heavy atom. The van der Waals surface area contributed by atoms with Crippen molar-refractivity contribution in [3.63, 3.8) is 0 Å². The molecule has 1 heterocycles. The maximum absolute atomic E-state index is 11.8. The van der Waals surface area contributed by atoms with Gasteiger partial charge in [-0.3, -0.25) is 4.79 Å². The summed E-state index contributed by atoms with van der Waals surface area (Å²) in [5.74, 6) is 0.908. The summed E-state index contributed by atoms with van der Waals surface area (Å²) in [5, 5.41) is 6.43. The fraction of sp³-hybridized carbons (Fsp3) is 0.933. The summed E-state index contributed by atoms with van der Waals surface area (Å²) in [5.41, 5.74) is 0. The van der Waals surface area contributed by atoms with E-state index in [0.717, 1.165) is 39.0 Å². The summed E-state index contributed by atoms with van der Waals surface area (Å²) in [6, 6.07) is 0.588. The minimum Gasteiger partial charge on any atom is -0.355 e. The van der Waals surface area contributed by atoms with Gasteiger partial charge in [-0.15, -0.1) is 0 Å². The summed E-state index contributed by atoms with van der Waals surface area (Å²) >= 11 is 0. The maximum Gasteiger partial charge on any atom is 0.220 e. The van der Waals surface area contributed by atoms with E-state index in [0.29, 0.717) is 18.4 Å². The van der Waals surface area contributed by atoms with Gasteiger partial charge in [0.05, 0.1) is 0 Å². The van der Waals surface area contributed by atoms with Crippen LogP contribution in [0.5, 0.6) is 0 Å². The highest BCUT2D eigenvalue weighted by Gasteiger charge is 2.14. The fourth-order valence-electron chi connectivity index (χ4n) is 2.50. The Bertz CT molecular complexity index is 252. The van der Waals surface area contributed by atoms with Crippen molar-refractivity contribution >= 4 is 5.91 Å². The first-order valence-corrected chi connectivity index (χ1v) is 7.81. The molecule has 0 saturated carbocycles. The molecule has 0 radical (unpaired) electrons. The zero-order valence-electron chi connectivity index (χ0n) is 12.9. The van der Waals surface area contributed by atoms with Crippen LogP contribution in [0.2, 0.25) is 0 Å². The van der Waals surface area contributed by atoms with Crippen LogP contribution in [0.1, 0.15) is 46.0 Å². The third kappa shape index (κ3) is 6.92. The van der Waals surface area contributed by atoms with Gasteiger partial charge < -0.3 is 15.5 Å². The van der Waals surface area contributed by atoms with Gasteiger partial charge in [-0.2, -0.15) is 0 Å². The molecule has 1 amide bonds. The first-order valence-electron chi connectivity index (χ1n) is 7.81. The van der Waals surface area contributed by atoms with Crippen LogP contribution in [0.25, 0.3) is 0 Å². The van der Waals surface area contributed by atoms with Crippen LogP contribution in [0.4, 0.5) is 0 Å². The second-order valence-electron chi connectivity index (χ2n) is 5.84. The van der Waals surface area contributed by atoms with Crippen molar-refractivity contribution in [1.82, 2.24) is 15.5 Å². The third-order valence-corrected chi connectivity index (χ3v) is 4.31. The van der Waals surface area contributed by atoms with Crippen molar-refractivity contribution in [1.29, 1.82) is 0 Å². The molecule has 0 aromatic heterocycles. The van der Waals surface area contributed by atoms with E-state index in [1.54, 1.807) is 0 Å². The zero-order chi connectivity index (χ0) is 14.1. The topological polar surface area (TPSA) is 44.4 Å². The number of likely N-dealkylation sites (N-methyl/N-ethyl adjacent to an activating group) is 1. The van der Waals surface area contributed by atoms with Gasteiger partial charge in [-0.05, 0) is 58.7 Å². The molecule has 1 aliphatic rings. The van der Waals surface area contributed by atoms with E-state index in [4.69, 9.17) is 0 Å². The lowest BCUT2D eigenvalue weighted by molar-refractivity contribution is -0.121. The molecular formula is C15H31N3O. The summed E-state index contributed by atoms with van der Waals surface area (Å²) in [7, 11) is 2.12. The number of nitrogens with zero attached hydrogens (tertiary/aromatic N) is 1. The maximum atomic E-state index is 11.8. The molecule has 2 N–H and O–H groups in total. The molecule has 4 heteroatoms. The summed E-state index contributed by atoms with van der Waals surface area (Å²) in [4.78, 5) is 14.1. The van der Waals surface area contributed by atoms with Gasteiger partial charge in [-0.25, -0.2) is 0 Å². The second-order valence-corrected chi connectivity index (χ2v) is 5.84. The van der Waals surface area contributed by atoms with Crippen molar-refractivity contribution in [2.45, 2.75) is 52.0 Å². The fourth-order valence-corrected chi connectivity index (χ4v) is 2.50. The highest BCUT2D eigenvalue weighted by molar-refractivity contribution is 5.75. The molecule has 4 nitrogen and oxygen atoms in total. The molecule has 1 rings (SSSR count). The standard InChI is InChI=1S/C15H31N3O/c1-4-13(2)18(3)11-10-17-15(19)8-7-14-6-5-9-16-12-14/h13-14,16H,4-12H2,1-3H3,(H,17,19). The Hall–Kier alpha value is -0.610. The first kappa shape index (κ1) is 16.4. The van der Waals surface area contributed by atoms with Crippen molar-refractivity contribution in [3.05, 3.63) is 0 Å². The Morgan fingerprint density at radius 1 is 1.53 bits per heavy atom. The van der Waals surface area contributed by atoms with E-state index in [9.17, 15) is 4.79 Å². The van der Waals surface area contributed by atoms with Crippen LogP contribution < -0.4 is 10.6 Å². The summed E-state index contributed by atoms with van der Waals surface area (Å²) in [6.45, 7) is 8.35. The van der Waals surface area contributed by atoms with Crippen LogP contribution in [0.15, 0.2) is 0 Å². The number of hydrogen-bond donors (Lipinski definition) is 2. The summed E-state index contributed by atoms with van der Waals surface area (Å²) in [6.07, 6.45) is 5.39. The van der Waals surface area contributed by atoms with Gasteiger partial charge in [0.25, 0.3) is 0 Å². The first-order chi connectivity index (χ1) is 9.13. The van der Waals surface area contributed by atoms with Crippen LogP contribution in [-0.4, -0.2) is 50.1 Å². The van der Waals surface area contributed by atoms with Crippen LogP contribution in [0.3, 0.4) is 0 Å². The number of carbonyl (C=O) groups is 1. The van der Waals surface area contributed by atoms with E-state index in [2.05, 4.69) is 36.4 Å². The molecular weight excluding hydrogens is 238 g/mol. The van der Waals surface area contributed by atoms with E-state index in [1.807, 2.05) is 0 Å². The Kier molecular flexibility index (Phi) is 8.07. The van der Waals surface area contributed by atoms with Crippen molar-refractivity contribution in [3.8, 4) is 0 Å². The van der Waals surface area contributed by atoms with E-state index in [1.165, 1.54) is 12.8 Å². The number of carbonyl (C=O) groups excluding carboxylic acids is 1. The van der Waals surface area contributed by atoms with Crippen LogP contribution >= 0.6 is 0 Å². The van der Waals surface area contributed by atoms with Gasteiger partial charge >= 0.3 is 0 Å². The average molecular weight is 269 g/mol. The molecule has 1 fully saturated rings. The van der Waals surface area contributed by atoms with E-state index < -0.39 is 0 Å². The van der Waals surface area contributed by atoms with Gasteiger partial charge in [-0.1, -0.05) is 6.92 Å². The predicted molar refractivity (Wildman–Crippen MR) is 80.2 cm³/mol. The predicted octanol–water partition coefficient (Wildman–Crippen LogP) is 1.61. The Balaban J connectivity index is 2.04. The minimum absolute atomic E-state index is 0.211. The quantitative estimate of drug-likeness (QED) is 0.704. The molecule has 112 valence electrons. The number of nitrogens with one attached hydrogen (secondary N) is 2. The zero-order valence-corrected chi connectivity index (χ0v) is 12.9. The molecule has 2 unspecified atom stereocenters. The third-order valence-electron chi connectivity index (χ3n) is 4.31. The molecule has 0 aromatic rings. The average Bonchev–Trinajstić information content (AvgIpc) is 2.45. The number of amides is 1. The molecule has 19 heavy (non-hydrogen) atoms. The molecule has 0 bridgehead atoms. The SMILES string of the molecule is CCC(C)N(C)CCNC(=O)CCC1CCCNC1. The normalized spacial score (nSPS) is 21.4. The summed E-state index contributed by atoms with van der Waals surface area (Å²) < 4.78 is 0. The molecule has 1 saturated heterocycles. The molecule has 0 aromatic carbocycles. The van der Waals surface area contributed by atoms with Crippen molar-refractivity contribution < 1.29 is 4.79 Å². The molecule has 0 aliphatic carbocycles. The lowest BCUT2D eigenvalue weighted by Crippen LogP contribution is -2.37. The molecule has 1 aliphatic heterocycles. The number of piperidine rings is 1. The monoisotopic (exact) mass is 269 g/mol. The van der Waals surface area contributed by atoms with E-state index in [-0.39, 0.29) is 5.91 Å². The molecule has 2 atom stereocenters. The van der Waals surface area contributed by atoms with Gasteiger partial charge in [0.15, 0.2) is 0 Å². The second kappa shape index (κ2) is 9.32. The largest absolute Gasteiger partial charge is 0.355 e. The van der Waals surface area contributed by atoms with Crippen LogP contribution in [-0.2, 0) is 4.79 Å².